The second-order valence-electron chi connectivity index (χ2n) is 8.97. The van der Waals surface area contributed by atoms with Crippen molar-refractivity contribution < 1.29 is 9.15 Å². The Hall–Kier alpha value is -5.53. The molecule has 0 aliphatic carbocycles. The molecular weight excluding hydrogens is 474 g/mol. The Kier molecular flexibility index (Phi) is 5.33. The molecule has 0 amide bonds. The number of rotatable bonds is 4. The van der Waals surface area contributed by atoms with Gasteiger partial charge in [0.05, 0.1) is 29.6 Å². The zero-order valence-electron chi connectivity index (χ0n) is 20.7. The van der Waals surface area contributed by atoms with Gasteiger partial charge < -0.3 is 14.9 Å². The number of nitriles is 2. The van der Waals surface area contributed by atoms with Gasteiger partial charge in [-0.25, -0.2) is 4.68 Å². The standard InChI is InChI=1S/C31H21N5O2/c1-18-8-10-19(11-9-18)30-25(17-36(35-30)20-6-4-3-5-7-20)28-24(16-33)29(34)23(15-32)27-22-13-12-21(37-2)14-26(22)38-31(27)28/h3-14,17H,34H2,1-2H3. The Labute approximate surface area is 218 Å². The third kappa shape index (κ3) is 3.46. The van der Waals surface area contributed by atoms with E-state index in [2.05, 4.69) is 12.1 Å². The van der Waals surface area contributed by atoms with Gasteiger partial charge in [-0.2, -0.15) is 15.6 Å². The lowest BCUT2D eigenvalue weighted by atomic mass is 9.91. The molecule has 0 saturated carbocycles. The summed E-state index contributed by atoms with van der Waals surface area (Å²) in [6.07, 6.45) is 1.87. The van der Waals surface area contributed by atoms with Crippen molar-refractivity contribution in [2.45, 2.75) is 6.92 Å². The second-order valence-corrected chi connectivity index (χ2v) is 8.97. The Morgan fingerprint density at radius 1 is 0.947 bits per heavy atom. The third-order valence-electron chi connectivity index (χ3n) is 6.72. The molecule has 38 heavy (non-hydrogen) atoms. The summed E-state index contributed by atoms with van der Waals surface area (Å²) >= 11 is 0. The summed E-state index contributed by atoms with van der Waals surface area (Å²) in [5.74, 6) is 0.613. The molecule has 2 N–H and O–H groups in total. The summed E-state index contributed by atoms with van der Waals surface area (Å²) < 4.78 is 13.5. The molecule has 0 radical (unpaired) electrons. The van der Waals surface area contributed by atoms with Crippen molar-refractivity contribution in [3.8, 4) is 46.0 Å². The van der Waals surface area contributed by atoms with Crippen molar-refractivity contribution >= 4 is 27.6 Å². The van der Waals surface area contributed by atoms with Crippen LogP contribution >= 0.6 is 0 Å². The monoisotopic (exact) mass is 495 g/mol. The van der Waals surface area contributed by atoms with E-state index in [-0.39, 0.29) is 16.8 Å². The number of methoxy groups -OCH3 is 1. The maximum Gasteiger partial charge on any atom is 0.146 e. The van der Waals surface area contributed by atoms with Crippen LogP contribution in [0.5, 0.6) is 5.75 Å². The van der Waals surface area contributed by atoms with Crippen LogP contribution in [0.2, 0.25) is 0 Å². The second kappa shape index (κ2) is 8.85. The molecule has 0 aliphatic rings. The van der Waals surface area contributed by atoms with Crippen LogP contribution in [0.4, 0.5) is 5.69 Å². The summed E-state index contributed by atoms with van der Waals surface area (Å²) in [7, 11) is 1.58. The SMILES string of the molecule is COc1ccc2c(c1)oc1c(-c3cn(-c4ccccc4)nc3-c3ccc(C)cc3)c(C#N)c(N)c(C#N)c12. The van der Waals surface area contributed by atoms with Gasteiger partial charge in [-0.05, 0) is 31.2 Å². The maximum atomic E-state index is 10.3. The minimum Gasteiger partial charge on any atom is -0.497 e. The summed E-state index contributed by atoms with van der Waals surface area (Å²) in [6.45, 7) is 2.02. The number of aryl methyl sites for hydroxylation is 1. The summed E-state index contributed by atoms with van der Waals surface area (Å²) in [6, 6.07) is 27.6. The van der Waals surface area contributed by atoms with Crippen LogP contribution in [0, 0.1) is 29.6 Å². The summed E-state index contributed by atoms with van der Waals surface area (Å²) in [4.78, 5) is 0. The number of hydrogen-bond donors (Lipinski definition) is 1. The lowest BCUT2D eigenvalue weighted by Gasteiger charge is -2.10. The number of nitrogen functional groups attached to an aromatic ring is 1. The summed E-state index contributed by atoms with van der Waals surface area (Å²) in [5, 5.41) is 26.6. The normalized spacial score (nSPS) is 10.9. The number of fused-ring (bicyclic) bond motifs is 3. The van der Waals surface area contributed by atoms with Crippen LogP contribution in [0.15, 0.2) is 83.4 Å². The van der Waals surface area contributed by atoms with Gasteiger partial charge in [-0.3, -0.25) is 0 Å². The molecule has 7 heteroatoms. The molecule has 0 fully saturated rings. The van der Waals surface area contributed by atoms with E-state index < -0.39 is 0 Å². The first-order chi connectivity index (χ1) is 18.5. The van der Waals surface area contributed by atoms with Crippen LogP contribution in [0.25, 0.3) is 50.0 Å². The molecule has 182 valence electrons. The average molecular weight is 496 g/mol. The fourth-order valence-electron chi connectivity index (χ4n) is 4.82. The number of nitrogens with zero attached hydrogens (tertiary/aromatic N) is 4. The van der Waals surface area contributed by atoms with Crippen molar-refractivity contribution in [1.82, 2.24) is 9.78 Å². The van der Waals surface area contributed by atoms with Gasteiger partial charge in [0.15, 0.2) is 0 Å². The highest BCUT2D eigenvalue weighted by molar-refractivity contribution is 6.16. The van der Waals surface area contributed by atoms with Gasteiger partial charge in [0.1, 0.15) is 34.7 Å². The highest BCUT2D eigenvalue weighted by Crippen LogP contribution is 2.46. The maximum absolute atomic E-state index is 10.3. The van der Waals surface area contributed by atoms with Crippen molar-refractivity contribution in [1.29, 1.82) is 10.5 Å². The van der Waals surface area contributed by atoms with E-state index in [9.17, 15) is 10.5 Å². The van der Waals surface area contributed by atoms with Crippen molar-refractivity contribution in [3.05, 3.63) is 95.7 Å². The van der Waals surface area contributed by atoms with E-state index in [4.69, 9.17) is 20.0 Å². The first-order valence-electron chi connectivity index (χ1n) is 11.9. The lowest BCUT2D eigenvalue weighted by molar-refractivity contribution is 0.414. The highest BCUT2D eigenvalue weighted by atomic mass is 16.5. The molecule has 0 aliphatic heterocycles. The molecule has 0 spiro atoms. The number of ether oxygens (including phenoxy) is 1. The van der Waals surface area contributed by atoms with Crippen LogP contribution in [0.3, 0.4) is 0 Å². The molecule has 6 aromatic rings. The van der Waals surface area contributed by atoms with Crippen molar-refractivity contribution in [3.63, 3.8) is 0 Å². The predicted octanol–water partition coefficient (Wildman–Crippen LogP) is 6.75. The van der Waals surface area contributed by atoms with Gasteiger partial charge in [-0.15, -0.1) is 0 Å². The van der Waals surface area contributed by atoms with Crippen molar-refractivity contribution in [2.75, 3.05) is 12.8 Å². The molecule has 6 rings (SSSR count). The van der Waals surface area contributed by atoms with E-state index in [1.807, 2.05) is 73.8 Å². The Bertz CT molecular complexity index is 1940. The number of anilines is 1. The number of aromatic nitrogens is 2. The van der Waals surface area contributed by atoms with E-state index in [1.54, 1.807) is 23.9 Å². The van der Waals surface area contributed by atoms with E-state index in [0.29, 0.717) is 44.5 Å². The number of para-hydroxylation sites is 1. The fraction of sp³-hybridized carbons (Fsp3) is 0.0645. The minimum atomic E-state index is 0.110. The van der Waals surface area contributed by atoms with Crippen molar-refractivity contribution in [2.24, 2.45) is 0 Å². The van der Waals surface area contributed by atoms with E-state index in [0.717, 1.165) is 16.8 Å². The molecule has 2 heterocycles. The van der Waals surface area contributed by atoms with Gasteiger partial charge in [0.2, 0.25) is 0 Å². The molecule has 2 aromatic heterocycles. The largest absolute Gasteiger partial charge is 0.497 e. The molecule has 4 aromatic carbocycles. The third-order valence-corrected chi connectivity index (χ3v) is 6.72. The molecule has 0 unspecified atom stereocenters. The predicted molar refractivity (Wildman–Crippen MR) is 147 cm³/mol. The molecule has 0 bridgehead atoms. The van der Waals surface area contributed by atoms with Gasteiger partial charge in [0.25, 0.3) is 0 Å². The van der Waals surface area contributed by atoms with E-state index in [1.165, 1.54) is 0 Å². The molecule has 0 saturated heterocycles. The van der Waals surface area contributed by atoms with Crippen LogP contribution in [0.1, 0.15) is 16.7 Å². The van der Waals surface area contributed by atoms with Gasteiger partial charge >= 0.3 is 0 Å². The topological polar surface area (TPSA) is 114 Å². The lowest BCUT2D eigenvalue weighted by Crippen LogP contribution is -1.99. The zero-order chi connectivity index (χ0) is 26.4. The Morgan fingerprint density at radius 2 is 1.68 bits per heavy atom. The van der Waals surface area contributed by atoms with E-state index >= 15 is 0 Å². The number of benzene rings is 4. The van der Waals surface area contributed by atoms with Gasteiger partial charge in [-0.1, -0.05) is 48.0 Å². The van der Waals surface area contributed by atoms with Crippen LogP contribution in [-0.2, 0) is 0 Å². The molecular formula is C31H21N5O2. The first-order valence-corrected chi connectivity index (χ1v) is 11.9. The average Bonchev–Trinajstić information content (AvgIpc) is 3.55. The molecule has 0 atom stereocenters. The first kappa shape index (κ1) is 22.9. The number of nitrogens with two attached hydrogens (primary N) is 1. The minimum absolute atomic E-state index is 0.110. The Balaban J connectivity index is 1.77. The summed E-state index contributed by atoms with van der Waals surface area (Å²) in [5.41, 5.74) is 12.6. The highest BCUT2D eigenvalue weighted by Gasteiger charge is 2.27. The number of furan rings is 1. The van der Waals surface area contributed by atoms with Gasteiger partial charge in [0, 0.05) is 39.7 Å². The number of hydrogen-bond acceptors (Lipinski definition) is 6. The fourth-order valence-corrected chi connectivity index (χ4v) is 4.82. The quantitative estimate of drug-likeness (QED) is 0.271. The van der Waals surface area contributed by atoms with Crippen LogP contribution < -0.4 is 10.5 Å². The van der Waals surface area contributed by atoms with Crippen LogP contribution in [-0.4, -0.2) is 16.9 Å². The zero-order valence-corrected chi connectivity index (χ0v) is 20.7. The smallest absolute Gasteiger partial charge is 0.146 e. The Morgan fingerprint density at radius 3 is 2.37 bits per heavy atom. The molecule has 7 nitrogen and oxygen atoms in total.